The lowest BCUT2D eigenvalue weighted by Crippen LogP contribution is -2.28. The van der Waals surface area contributed by atoms with Crippen molar-refractivity contribution in [1.82, 2.24) is 29.5 Å². The second-order valence-corrected chi connectivity index (χ2v) is 9.08. The van der Waals surface area contributed by atoms with E-state index in [9.17, 15) is 4.79 Å². The molecule has 0 aliphatic heterocycles. The number of rotatable bonds is 8. The minimum absolute atomic E-state index is 0.0755. The lowest BCUT2D eigenvalue weighted by Gasteiger charge is -2.22. The Morgan fingerprint density at radius 3 is 2.49 bits per heavy atom. The summed E-state index contributed by atoms with van der Waals surface area (Å²) in [4.78, 5) is 36.5. The molecule has 0 aliphatic rings. The van der Waals surface area contributed by atoms with Gasteiger partial charge in [0.25, 0.3) is 5.56 Å². The smallest absolute Gasteiger partial charge is 0.316 e. The van der Waals surface area contributed by atoms with Crippen molar-refractivity contribution in [2.75, 3.05) is 24.7 Å². The van der Waals surface area contributed by atoms with Gasteiger partial charge >= 0.3 is 6.01 Å². The lowest BCUT2D eigenvalue weighted by atomic mass is 10.0. The van der Waals surface area contributed by atoms with Gasteiger partial charge in [-0.05, 0) is 30.7 Å². The van der Waals surface area contributed by atoms with Crippen LogP contribution in [0.4, 0.5) is 11.8 Å². The number of methoxy groups -OCH3 is 1. The second kappa shape index (κ2) is 10.9. The molecule has 5 aromatic rings. The Morgan fingerprint density at radius 1 is 1.05 bits per heavy atom. The molecule has 2 aromatic carbocycles. The summed E-state index contributed by atoms with van der Waals surface area (Å²) >= 11 is 5.41. The number of nitrogens with zero attached hydrogens (tertiary/aromatic N) is 6. The van der Waals surface area contributed by atoms with Gasteiger partial charge in [0.1, 0.15) is 11.6 Å². The monoisotopic (exact) mass is 539 g/mol. The van der Waals surface area contributed by atoms with Crippen molar-refractivity contribution in [3.8, 4) is 22.8 Å². The Balaban J connectivity index is 1.71. The van der Waals surface area contributed by atoms with E-state index in [-0.39, 0.29) is 24.1 Å². The molecule has 3 heterocycles. The van der Waals surface area contributed by atoms with Gasteiger partial charge in [-0.15, -0.1) is 0 Å². The van der Waals surface area contributed by atoms with Crippen molar-refractivity contribution in [2.45, 2.75) is 13.0 Å². The van der Waals surface area contributed by atoms with Crippen molar-refractivity contribution < 1.29 is 4.74 Å². The summed E-state index contributed by atoms with van der Waals surface area (Å²) in [6.45, 7) is 2.02. The quantitative estimate of drug-likeness (QED) is 0.196. The number of hydrogen-bond acceptors (Lipinski definition) is 11. The zero-order chi connectivity index (χ0) is 27.5. The first-order valence-electron chi connectivity index (χ1n) is 12.0. The van der Waals surface area contributed by atoms with Crippen molar-refractivity contribution in [1.29, 1.82) is 0 Å². The molecule has 0 radical (unpaired) electrons. The highest BCUT2D eigenvalue weighted by atomic mass is 32.1. The predicted molar refractivity (Wildman–Crippen MR) is 154 cm³/mol. The highest BCUT2D eigenvalue weighted by molar-refractivity contribution is 7.81. The van der Waals surface area contributed by atoms with Crippen LogP contribution in [0.5, 0.6) is 6.01 Å². The molecule has 0 amide bonds. The summed E-state index contributed by atoms with van der Waals surface area (Å²) in [6.07, 6.45) is 4.77. The molecule has 1 atom stereocenters. The number of nitrogens with two attached hydrogens (primary N) is 2. The molecule has 0 fully saturated rings. The SMILES string of the molecule is COc1ncc(-c2cccc3nc(C(C)Nc4nc(N)ncc4C(=S)CN)n(-c4ccccc4)c(=O)c23)cn1. The topological polar surface area (TPSA) is 160 Å². The Hall–Kier alpha value is -4.81. The number of aromatic nitrogens is 6. The van der Waals surface area contributed by atoms with Crippen LogP contribution in [0.1, 0.15) is 24.4 Å². The molecule has 1 unspecified atom stereocenters. The normalized spacial score (nSPS) is 11.8. The molecule has 11 nitrogen and oxygen atoms in total. The summed E-state index contributed by atoms with van der Waals surface area (Å²) < 4.78 is 6.67. The standard InChI is InChI=1S/C27H25N9O2S/c1-15(33-23-19(21(39)11-28)14-30-26(29)35-23)24-34-20-10-6-9-18(16-12-31-27(38-2)32-13-16)22(20)25(37)36(24)17-7-4-3-5-8-17/h3-10,12-15H,11,28H2,1-2H3,(H3,29,30,33,35). The number of benzene rings is 2. The van der Waals surface area contributed by atoms with Crippen LogP contribution in [0.3, 0.4) is 0 Å². The van der Waals surface area contributed by atoms with E-state index in [1.54, 1.807) is 23.0 Å². The fourth-order valence-corrected chi connectivity index (χ4v) is 4.40. The molecule has 3 aromatic heterocycles. The van der Waals surface area contributed by atoms with E-state index < -0.39 is 6.04 Å². The first kappa shape index (κ1) is 25.8. The first-order chi connectivity index (χ1) is 18.9. The van der Waals surface area contributed by atoms with Crippen LogP contribution in [0, 0.1) is 0 Å². The number of nitrogens with one attached hydrogen (secondary N) is 1. The van der Waals surface area contributed by atoms with Crippen LogP contribution in [0.15, 0.2) is 71.9 Å². The van der Waals surface area contributed by atoms with E-state index in [0.29, 0.717) is 49.8 Å². The van der Waals surface area contributed by atoms with Crippen LogP contribution >= 0.6 is 12.2 Å². The van der Waals surface area contributed by atoms with Gasteiger partial charge in [-0.1, -0.05) is 42.5 Å². The van der Waals surface area contributed by atoms with Gasteiger partial charge in [-0.25, -0.2) is 19.9 Å². The van der Waals surface area contributed by atoms with Gasteiger partial charge in [0.2, 0.25) is 5.95 Å². The third kappa shape index (κ3) is 5.02. The van der Waals surface area contributed by atoms with Crippen LogP contribution in [-0.4, -0.2) is 48.0 Å². The highest BCUT2D eigenvalue weighted by Crippen LogP contribution is 2.28. The molecule has 0 spiro atoms. The average Bonchev–Trinajstić information content (AvgIpc) is 2.97. The zero-order valence-corrected chi connectivity index (χ0v) is 22.0. The fraction of sp³-hybridized carbons (Fsp3) is 0.148. The molecule has 196 valence electrons. The fourth-order valence-electron chi connectivity index (χ4n) is 4.25. The maximum absolute atomic E-state index is 14.2. The number of nitrogen functional groups attached to an aromatic ring is 1. The molecular formula is C27H25N9O2S. The largest absolute Gasteiger partial charge is 0.467 e. The van der Waals surface area contributed by atoms with Crippen LogP contribution < -0.4 is 27.1 Å². The van der Waals surface area contributed by atoms with E-state index in [1.807, 2.05) is 49.4 Å². The van der Waals surface area contributed by atoms with Crippen LogP contribution in [-0.2, 0) is 0 Å². The Labute approximate surface area is 229 Å². The summed E-state index contributed by atoms with van der Waals surface area (Å²) in [5.74, 6) is 0.943. The minimum atomic E-state index is -0.496. The molecule has 5 N–H and O–H groups in total. The van der Waals surface area contributed by atoms with E-state index in [2.05, 4.69) is 25.3 Å². The summed E-state index contributed by atoms with van der Waals surface area (Å²) in [5.41, 5.74) is 14.5. The Kier molecular flexibility index (Phi) is 7.21. The van der Waals surface area contributed by atoms with E-state index in [0.717, 1.165) is 0 Å². The van der Waals surface area contributed by atoms with Gasteiger partial charge in [-0.3, -0.25) is 9.36 Å². The number of fused-ring (bicyclic) bond motifs is 1. The first-order valence-corrected chi connectivity index (χ1v) is 12.4. The van der Waals surface area contributed by atoms with Gasteiger partial charge < -0.3 is 21.5 Å². The number of para-hydroxylation sites is 1. The molecule has 0 saturated carbocycles. The third-order valence-corrected chi connectivity index (χ3v) is 6.48. The van der Waals surface area contributed by atoms with E-state index >= 15 is 0 Å². The van der Waals surface area contributed by atoms with Crippen LogP contribution in [0.2, 0.25) is 0 Å². The number of ether oxygens (including phenoxy) is 1. The second-order valence-electron chi connectivity index (χ2n) is 8.59. The average molecular weight is 540 g/mol. The molecule has 5 rings (SSSR count). The van der Waals surface area contributed by atoms with E-state index in [1.165, 1.54) is 13.3 Å². The predicted octanol–water partition coefficient (Wildman–Crippen LogP) is 3.07. The molecule has 39 heavy (non-hydrogen) atoms. The van der Waals surface area contributed by atoms with Crippen molar-refractivity contribution in [3.63, 3.8) is 0 Å². The van der Waals surface area contributed by atoms with Crippen molar-refractivity contribution >= 4 is 39.8 Å². The third-order valence-electron chi connectivity index (χ3n) is 6.09. The molecule has 0 aliphatic carbocycles. The van der Waals surface area contributed by atoms with Gasteiger partial charge in [0, 0.05) is 35.6 Å². The van der Waals surface area contributed by atoms with Gasteiger partial charge in [0.05, 0.1) is 35.3 Å². The molecule has 0 saturated heterocycles. The molecular weight excluding hydrogens is 514 g/mol. The highest BCUT2D eigenvalue weighted by Gasteiger charge is 2.22. The maximum atomic E-state index is 14.2. The van der Waals surface area contributed by atoms with Gasteiger partial charge in [0.15, 0.2) is 0 Å². The van der Waals surface area contributed by atoms with Gasteiger partial charge in [-0.2, -0.15) is 4.98 Å². The summed E-state index contributed by atoms with van der Waals surface area (Å²) in [7, 11) is 1.49. The lowest BCUT2D eigenvalue weighted by molar-refractivity contribution is 0.380. The number of hydrogen-bond donors (Lipinski definition) is 3. The maximum Gasteiger partial charge on any atom is 0.316 e. The van der Waals surface area contributed by atoms with Crippen LogP contribution in [0.25, 0.3) is 27.7 Å². The number of thiocarbonyl (C=S) groups is 1. The Morgan fingerprint density at radius 2 is 1.79 bits per heavy atom. The molecule has 12 heteroatoms. The molecule has 0 bridgehead atoms. The summed E-state index contributed by atoms with van der Waals surface area (Å²) in [6, 6.07) is 14.5. The minimum Gasteiger partial charge on any atom is -0.467 e. The zero-order valence-electron chi connectivity index (χ0n) is 21.2. The Bertz CT molecular complexity index is 1720. The number of anilines is 2. The van der Waals surface area contributed by atoms with Crippen molar-refractivity contribution in [2.24, 2.45) is 5.73 Å². The van der Waals surface area contributed by atoms with E-state index in [4.69, 9.17) is 33.4 Å². The summed E-state index contributed by atoms with van der Waals surface area (Å²) in [5, 5.41) is 3.75. The van der Waals surface area contributed by atoms with Crippen molar-refractivity contribution in [3.05, 3.63) is 88.9 Å².